The van der Waals surface area contributed by atoms with Crippen LogP contribution in [0.2, 0.25) is 0 Å². The third-order valence-electron chi connectivity index (χ3n) is 0.973. The van der Waals surface area contributed by atoms with E-state index in [1.807, 2.05) is 0 Å². The third-order valence-corrected chi connectivity index (χ3v) is 0.973. The Balaban J connectivity index is 2.31. The van der Waals surface area contributed by atoms with E-state index in [0.717, 1.165) is 4.90 Å². The summed E-state index contributed by atoms with van der Waals surface area (Å²) < 4.78 is 23.5. The summed E-state index contributed by atoms with van der Waals surface area (Å²) in [5, 5.41) is 0. The van der Waals surface area contributed by atoms with Crippen molar-refractivity contribution in [3.8, 4) is 0 Å². The smallest absolute Gasteiger partial charge is 0.312 e. The van der Waals surface area contributed by atoms with E-state index < -0.39 is 19.0 Å². The van der Waals surface area contributed by atoms with Crippen LogP contribution in [-0.2, 0) is 4.79 Å². The lowest BCUT2D eigenvalue weighted by Crippen LogP contribution is -2.55. The van der Waals surface area contributed by atoms with Gasteiger partial charge in [-0.25, -0.2) is 8.78 Å². The number of halogens is 2. The molecule has 0 unspecified atom stereocenters. The first-order valence-corrected chi connectivity index (χ1v) is 2.15. The molecule has 4 heteroatoms. The van der Waals surface area contributed by atoms with Gasteiger partial charge in [0.2, 0.25) is 0 Å². The molecule has 0 N–H and O–H groups in total. The minimum atomic E-state index is -2.64. The second-order valence-electron chi connectivity index (χ2n) is 1.80. The van der Waals surface area contributed by atoms with Gasteiger partial charge in [-0.05, 0) is 0 Å². The summed E-state index contributed by atoms with van der Waals surface area (Å²) in [6.45, 7) is -0.924. The second-order valence-corrected chi connectivity index (χ2v) is 1.80. The summed E-state index contributed by atoms with van der Waals surface area (Å²) in [4.78, 5) is 10.4. The minimum Gasteiger partial charge on any atom is -0.322 e. The molecule has 0 aliphatic carbocycles. The molecule has 1 rings (SSSR count). The van der Waals surface area contributed by atoms with Crippen LogP contribution >= 0.6 is 0 Å². The molecular weight excluding hydrogens is 116 g/mol. The number of nitrogens with zero attached hydrogens (tertiary/aromatic N) is 1. The molecule has 1 radical (unpaired) electrons. The Labute approximate surface area is 45.1 Å². The SMILES string of the molecule is O=[C]N1CC(F)(F)C1. The van der Waals surface area contributed by atoms with Crippen molar-refractivity contribution in [1.82, 2.24) is 4.90 Å². The van der Waals surface area contributed by atoms with Gasteiger partial charge in [0, 0.05) is 0 Å². The summed E-state index contributed by atoms with van der Waals surface area (Å²) in [5.74, 6) is -2.64. The predicted octanol–water partition coefficient (Wildman–Crippen LogP) is 0.00450. The maximum Gasteiger partial charge on any atom is 0.312 e. The highest BCUT2D eigenvalue weighted by molar-refractivity contribution is 5.50. The van der Waals surface area contributed by atoms with Gasteiger partial charge >= 0.3 is 6.41 Å². The highest BCUT2D eigenvalue weighted by Gasteiger charge is 2.43. The highest BCUT2D eigenvalue weighted by Crippen LogP contribution is 2.24. The largest absolute Gasteiger partial charge is 0.322 e. The van der Waals surface area contributed by atoms with E-state index in [-0.39, 0.29) is 0 Å². The topological polar surface area (TPSA) is 20.3 Å². The average molecular weight is 120 g/mol. The number of amides is 1. The Morgan fingerprint density at radius 1 is 1.50 bits per heavy atom. The van der Waals surface area contributed by atoms with Crippen LogP contribution in [0.3, 0.4) is 0 Å². The summed E-state index contributed by atoms with van der Waals surface area (Å²) in [7, 11) is 0. The molecule has 0 bridgehead atoms. The van der Waals surface area contributed by atoms with Crippen LogP contribution in [0.1, 0.15) is 0 Å². The Morgan fingerprint density at radius 2 is 2.00 bits per heavy atom. The molecule has 1 aliphatic rings. The van der Waals surface area contributed by atoms with Gasteiger partial charge in [0.15, 0.2) is 0 Å². The predicted molar refractivity (Wildman–Crippen MR) is 22.2 cm³/mol. The van der Waals surface area contributed by atoms with Crippen molar-refractivity contribution in [3.05, 3.63) is 0 Å². The quantitative estimate of drug-likeness (QED) is 0.477. The van der Waals surface area contributed by atoms with E-state index in [2.05, 4.69) is 0 Å². The van der Waals surface area contributed by atoms with E-state index in [1.165, 1.54) is 6.41 Å². The molecule has 0 saturated carbocycles. The lowest BCUT2D eigenvalue weighted by atomic mass is 10.2. The fourth-order valence-corrected chi connectivity index (χ4v) is 0.577. The monoisotopic (exact) mass is 120 g/mol. The third kappa shape index (κ3) is 0.778. The van der Waals surface area contributed by atoms with Crippen LogP contribution in [0.5, 0.6) is 0 Å². The molecule has 0 spiro atoms. The van der Waals surface area contributed by atoms with E-state index in [1.54, 1.807) is 0 Å². The van der Waals surface area contributed by atoms with Gasteiger partial charge in [0.1, 0.15) is 0 Å². The number of alkyl halides is 2. The van der Waals surface area contributed by atoms with Crippen LogP contribution in [0, 0.1) is 0 Å². The van der Waals surface area contributed by atoms with Gasteiger partial charge in [0.05, 0.1) is 13.1 Å². The molecule has 8 heavy (non-hydrogen) atoms. The van der Waals surface area contributed by atoms with Crippen LogP contribution in [0.4, 0.5) is 8.78 Å². The van der Waals surface area contributed by atoms with Gasteiger partial charge in [-0.1, -0.05) is 0 Å². The summed E-state index contributed by atoms with van der Waals surface area (Å²) in [6, 6.07) is 0. The first-order valence-electron chi connectivity index (χ1n) is 2.15. The number of likely N-dealkylation sites (tertiary alicyclic amines) is 1. The van der Waals surface area contributed by atoms with Crippen molar-refractivity contribution in [2.75, 3.05) is 13.1 Å². The Kier molecular flexibility index (Phi) is 0.957. The van der Waals surface area contributed by atoms with E-state index in [0.29, 0.717) is 0 Å². The Bertz CT molecular complexity index is 107. The standard InChI is InChI=1S/C4H4F2NO/c5-4(6)1-7(2-4)3-8/h1-2H2. The van der Waals surface area contributed by atoms with Crippen LogP contribution < -0.4 is 0 Å². The van der Waals surface area contributed by atoms with Crippen LogP contribution in [-0.4, -0.2) is 30.3 Å². The minimum absolute atomic E-state index is 0.462. The number of carbonyl (C=O) groups excluding carboxylic acids is 1. The molecule has 0 aromatic heterocycles. The van der Waals surface area contributed by atoms with E-state index in [4.69, 9.17) is 0 Å². The summed E-state index contributed by atoms with van der Waals surface area (Å²) >= 11 is 0. The number of hydrogen-bond acceptors (Lipinski definition) is 1. The van der Waals surface area contributed by atoms with E-state index >= 15 is 0 Å². The molecule has 1 heterocycles. The Morgan fingerprint density at radius 3 is 2.12 bits per heavy atom. The molecule has 1 saturated heterocycles. The van der Waals surface area contributed by atoms with Crippen LogP contribution in [0.15, 0.2) is 0 Å². The van der Waals surface area contributed by atoms with Crippen molar-refractivity contribution < 1.29 is 13.6 Å². The molecule has 0 atom stereocenters. The number of hydrogen-bond donors (Lipinski definition) is 0. The number of rotatable bonds is 1. The fourth-order valence-electron chi connectivity index (χ4n) is 0.577. The molecule has 2 nitrogen and oxygen atoms in total. The van der Waals surface area contributed by atoms with Gasteiger partial charge in [-0.2, -0.15) is 0 Å². The van der Waals surface area contributed by atoms with E-state index in [9.17, 15) is 13.6 Å². The Hall–Kier alpha value is -0.670. The molecule has 1 fully saturated rings. The highest BCUT2D eigenvalue weighted by atomic mass is 19.3. The van der Waals surface area contributed by atoms with Gasteiger partial charge in [-0.3, -0.25) is 4.79 Å². The van der Waals surface area contributed by atoms with Crippen LogP contribution in [0.25, 0.3) is 0 Å². The zero-order valence-electron chi connectivity index (χ0n) is 4.03. The van der Waals surface area contributed by atoms with Crippen molar-refractivity contribution in [2.45, 2.75) is 5.92 Å². The first kappa shape index (κ1) is 5.47. The van der Waals surface area contributed by atoms with Crippen molar-refractivity contribution >= 4 is 6.41 Å². The first-order chi connectivity index (χ1) is 3.64. The average Bonchev–Trinajstić information content (AvgIpc) is 1.60. The lowest BCUT2D eigenvalue weighted by Gasteiger charge is -2.34. The molecular formula is C4H4F2NO. The van der Waals surface area contributed by atoms with Gasteiger partial charge in [-0.15, -0.1) is 0 Å². The maximum atomic E-state index is 11.8. The second kappa shape index (κ2) is 1.40. The fraction of sp³-hybridized carbons (Fsp3) is 0.750. The summed E-state index contributed by atoms with van der Waals surface area (Å²) in [6.07, 6.45) is 1.36. The summed E-state index contributed by atoms with van der Waals surface area (Å²) in [5.41, 5.74) is 0. The van der Waals surface area contributed by atoms with Crippen molar-refractivity contribution in [2.24, 2.45) is 0 Å². The molecule has 45 valence electrons. The lowest BCUT2D eigenvalue weighted by molar-refractivity contribution is -0.101. The van der Waals surface area contributed by atoms with Gasteiger partial charge < -0.3 is 4.90 Å². The molecule has 0 aromatic carbocycles. The molecule has 1 amide bonds. The van der Waals surface area contributed by atoms with Gasteiger partial charge in [0.25, 0.3) is 5.92 Å². The van der Waals surface area contributed by atoms with Crippen molar-refractivity contribution in [1.29, 1.82) is 0 Å². The maximum absolute atomic E-state index is 11.8. The normalized spacial score (nSPS) is 24.5. The molecule has 0 aromatic rings. The molecule has 1 aliphatic heterocycles. The zero-order valence-corrected chi connectivity index (χ0v) is 4.03. The zero-order chi connectivity index (χ0) is 6.20. The van der Waals surface area contributed by atoms with Crippen molar-refractivity contribution in [3.63, 3.8) is 0 Å².